The van der Waals surface area contributed by atoms with Crippen LogP contribution in [-0.2, 0) is 7.05 Å². The van der Waals surface area contributed by atoms with Gasteiger partial charge in [0.1, 0.15) is 11.5 Å². The number of aryl methyl sites for hydroxylation is 2. The van der Waals surface area contributed by atoms with Crippen molar-refractivity contribution in [2.75, 3.05) is 5.32 Å². The van der Waals surface area contributed by atoms with Gasteiger partial charge < -0.3 is 15.8 Å². The molecule has 0 saturated carbocycles. The number of hydrogen-bond acceptors (Lipinski definition) is 4. The Bertz CT molecular complexity index is 961. The van der Waals surface area contributed by atoms with Crippen molar-refractivity contribution in [2.24, 2.45) is 12.8 Å². The number of hydrogen-bond donors (Lipinski definition) is 2. The fraction of sp³-hybridized carbons (Fsp3) is 0.105. The maximum atomic E-state index is 12.3. The summed E-state index contributed by atoms with van der Waals surface area (Å²) in [5.41, 5.74) is 7.44. The molecule has 3 aromatic rings. The third-order valence-electron chi connectivity index (χ3n) is 3.75. The van der Waals surface area contributed by atoms with E-state index in [1.54, 1.807) is 73.4 Å². The number of benzene rings is 2. The molecule has 7 heteroatoms. The number of nitrogens with two attached hydrogens (primary N) is 1. The van der Waals surface area contributed by atoms with Gasteiger partial charge in [0.05, 0.1) is 16.8 Å². The molecule has 3 rings (SSSR count). The predicted octanol–water partition coefficient (Wildman–Crippen LogP) is 2.87. The van der Waals surface area contributed by atoms with Crippen LogP contribution in [0.1, 0.15) is 26.4 Å². The molecule has 0 radical (unpaired) electrons. The molecule has 0 aliphatic heterocycles. The van der Waals surface area contributed by atoms with Gasteiger partial charge in [-0.15, -0.1) is 0 Å². The number of amides is 2. The minimum Gasteiger partial charge on any atom is -0.457 e. The van der Waals surface area contributed by atoms with Gasteiger partial charge in [-0.3, -0.25) is 14.3 Å². The lowest BCUT2D eigenvalue weighted by Crippen LogP contribution is -2.12. The van der Waals surface area contributed by atoms with Crippen LogP contribution >= 0.6 is 0 Å². The van der Waals surface area contributed by atoms with Crippen LogP contribution in [0.15, 0.2) is 54.7 Å². The molecule has 0 saturated heterocycles. The number of nitrogens with zero attached hydrogens (tertiary/aromatic N) is 2. The number of anilines is 1. The summed E-state index contributed by atoms with van der Waals surface area (Å²) in [4.78, 5) is 23.7. The fourth-order valence-corrected chi connectivity index (χ4v) is 2.51. The molecule has 2 aromatic carbocycles. The van der Waals surface area contributed by atoms with Crippen LogP contribution in [0.5, 0.6) is 11.5 Å². The SMILES string of the molecule is Cc1nn(C)cc1C(=O)Nc1ccc(Oc2ccccc2C(N)=O)cc1. The summed E-state index contributed by atoms with van der Waals surface area (Å²) >= 11 is 0. The zero-order chi connectivity index (χ0) is 18.7. The van der Waals surface area contributed by atoms with Crippen LogP contribution in [-0.4, -0.2) is 21.6 Å². The van der Waals surface area contributed by atoms with E-state index in [0.717, 1.165) is 0 Å². The molecule has 0 aliphatic rings. The molecule has 0 fully saturated rings. The predicted molar refractivity (Wildman–Crippen MR) is 97.4 cm³/mol. The number of ether oxygens (including phenoxy) is 1. The number of carbonyl (C=O) groups is 2. The Morgan fingerprint density at radius 1 is 1.08 bits per heavy atom. The van der Waals surface area contributed by atoms with E-state index in [0.29, 0.717) is 34.0 Å². The monoisotopic (exact) mass is 350 g/mol. The Labute approximate surface area is 150 Å². The van der Waals surface area contributed by atoms with Crippen molar-refractivity contribution in [1.29, 1.82) is 0 Å². The first-order valence-corrected chi connectivity index (χ1v) is 7.92. The van der Waals surface area contributed by atoms with E-state index in [2.05, 4.69) is 10.4 Å². The molecular formula is C19H18N4O3. The van der Waals surface area contributed by atoms with E-state index in [9.17, 15) is 9.59 Å². The van der Waals surface area contributed by atoms with Crippen molar-refractivity contribution in [2.45, 2.75) is 6.92 Å². The highest BCUT2D eigenvalue weighted by Crippen LogP contribution is 2.26. The van der Waals surface area contributed by atoms with Gasteiger partial charge in [-0.25, -0.2) is 0 Å². The second-order valence-corrected chi connectivity index (χ2v) is 5.74. The van der Waals surface area contributed by atoms with Crippen molar-refractivity contribution in [3.63, 3.8) is 0 Å². The quantitative estimate of drug-likeness (QED) is 0.739. The van der Waals surface area contributed by atoms with Gasteiger partial charge in [0.25, 0.3) is 11.8 Å². The van der Waals surface area contributed by atoms with Crippen molar-refractivity contribution >= 4 is 17.5 Å². The Morgan fingerprint density at radius 3 is 2.38 bits per heavy atom. The largest absolute Gasteiger partial charge is 0.457 e. The van der Waals surface area contributed by atoms with Crippen LogP contribution < -0.4 is 15.8 Å². The molecule has 3 N–H and O–H groups in total. The Hall–Kier alpha value is -3.61. The lowest BCUT2D eigenvalue weighted by atomic mass is 10.2. The van der Waals surface area contributed by atoms with Gasteiger partial charge in [0.2, 0.25) is 0 Å². The smallest absolute Gasteiger partial charge is 0.259 e. The van der Waals surface area contributed by atoms with Gasteiger partial charge in [-0.2, -0.15) is 5.10 Å². The Balaban J connectivity index is 1.72. The zero-order valence-corrected chi connectivity index (χ0v) is 14.4. The number of para-hydroxylation sites is 1. The molecule has 1 heterocycles. The highest BCUT2D eigenvalue weighted by atomic mass is 16.5. The van der Waals surface area contributed by atoms with E-state index in [-0.39, 0.29) is 5.91 Å². The maximum Gasteiger partial charge on any atom is 0.259 e. The summed E-state index contributed by atoms with van der Waals surface area (Å²) in [6, 6.07) is 13.6. The number of primary amides is 1. The summed E-state index contributed by atoms with van der Waals surface area (Å²) < 4.78 is 7.31. The maximum absolute atomic E-state index is 12.3. The molecule has 26 heavy (non-hydrogen) atoms. The molecule has 0 spiro atoms. The van der Waals surface area contributed by atoms with Crippen molar-refractivity contribution < 1.29 is 14.3 Å². The van der Waals surface area contributed by atoms with Crippen LogP contribution in [0.4, 0.5) is 5.69 Å². The number of carbonyl (C=O) groups excluding carboxylic acids is 2. The molecule has 2 amide bonds. The molecule has 0 bridgehead atoms. The second kappa shape index (κ2) is 7.10. The van der Waals surface area contributed by atoms with E-state index < -0.39 is 5.91 Å². The topological polar surface area (TPSA) is 99.2 Å². The van der Waals surface area contributed by atoms with Crippen LogP contribution in [0, 0.1) is 6.92 Å². The first-order chi connectivity index (χ1) is 12.4. The molecular weight excluding hydrogens is 332 g/mol. The highest BCUT2D eigenvalue weighted by Gasteiger charge is 2.13. The first kappa shape index (κ1) is 17.2. The molecule has 132 valence electrons. The molecule has 0 unspecified atom stereocenters. The first-order valence-electron chi connectivity index (χ1n) is 7.92. The van der Waals surface area contributed by atoms with Crippen LogP contribution in [0.25, 0.3) is 0 Å². The van der Waals surface area contributed by atoms with Crippen LogP contribution in [0.3, 0.4) is 0 Å². The third kappa shape index (κ3) is 3.72. The summed E-state index contributed by atoms with van der Waals surface area (Å²) in [6.07, 6.45) is 1.67. The van der Waals surface area contributed by atoms with Crippen molar-refractivity contribution in [3.8, 4) is 11.5 Å². The molecule has 0 aliphatic carbocycles. The minimum atomic E-state index is -0.559. The summed E-state index contributed by atoms with van der Waals surface area (Å²) in [7, 11) is 1.76. The Kier molecular flexibility index (Phi) is 4.70. The highest BCUT2D eigenvalue weighted by molar-refractivity contribution is 6.04. The van der Waals surface area contributed by atoms with Gasteiger partial charge in [0, 0.05) is 18.9 Å². The summed E-state index contributed by atoms with van der Waals surface area (Å²) in [6.45, 7) is 1.78. The average molecular weight is 350 g/mol. The van der Waals surface area contributed by atoms with E-state index >= 15 is 0 Å². The third-order valence-corrected chi connectivity index (χ3v) is 3.75. The number of rotatable bonds is 5. The van der Waals surface area contributed by atoms with Crippen LogP contribution in [0.2, 0.25) is 0 Å². The van der Waals surface area contributed by atoms with Gasteiger partial charge >= 0.3 is 0 Å². The lowest BCUT2D eigenvalue weighted by Gasteiger charge is -2.10. The van der Waals surface area contributed by atoms with Crippen molar-refractivity contribution in [3.05, 3.63) is 71.5 Å². The number of aromatic nitrogens is 2. The van der Waals surface area contributed by atoms with Crippen molar-refractivity contribution in [1.82, 2.24) is 9.78 Å². The number of nitrogens with one attached hydrogen (secondary N) is 1. The lowest BCUT2D eigenvalue weighted by molar-refractivity contribution is 0.0995. The standard InChI is InChI=1S/C19H18N4O3/c1-12-16(11-23(2)22-12)19(25)21-13-7-9-14(10-8-13)26-17-6-4-3-5-15(17)18(20)24/h3-11H,1-2H3,(H2,20,24)(H,21,25). The van der Waals surface area contributed by atoms with Gasteiger partial charge in [0.15, 0.2) is 0 Å². The minimum absolute atomic E-state index is 0.233. The molecule has 0 atom stereocenters. The van der Waals surface area contributed by atoms with E-state index in [1.165, 1.54) is 0 Å². The Morgan fingerprint density at radius 2 is 1.77 bits per heavy atom. The summed E-state index contributed by atoms with van der Waals surface area (Å²) in [5.74, 6) is 0.108. The zero-order valence-electron chi connectivity index (χ0n) is 14.4. The molecule has 1 aromatic heterocycles. The van der Waals surface area contributed by atoms with E-state index in [4.69, 9.17) is 10.5 Å². The normalized spacial score (nSPS) is 10.4. The fourth-order valence-electron chi connectivity index (χ4n) is 2.51. The summed E-state index contributed by atoms with van der Waals surface area (Å²) in [5, 5.41) is 6.97. The molecule has 7 nitrogen and oxygen atoms in total. The second-order valence-electron chi connectivity index (χ2n) is 5.74. The van der Waals surface area contributed by atoms with E-state index in [1.807, 2.05) is 0 Å². The van der Waals surface area contributed by atoms with Gasteiger partial charge in [-0.05, 0) is 43.3 Å². The van der Waals surface area contributed by atoms with Gasteiger partial charge in [-0.1, -0.05) is 12.1 Å². The average Bonchev–Trinajstić information content (AvgIpc) is 2.95.